The fraction of sp³-hybridized carbons (Fsp3) is 0.818. The first-order valence-corrected chi connectivity index (χ1v) is 6.44. The van der Waals surface area contributed by atoms with E-state index >= 15 is 0 Å². The fourth-order valence-electron chi connectivity index (χ4n) is 2.40. The van der Waals surface area contributed by atoms with E-state index in [1.165, 1.54) is 0 Å². The summed E-state index contributed by atoms with van der Waals surface area (Å²) in [7, 11) is 0. The zero-order valence-corrected chi connectivity index (χ0v) is 10.4. The van der Waals surface area contributed by atoms with Crippen molar-refractivity contribution in [2.45, 2.75) is 31.4 Å². The molecule has 1 aromatic rings. The van der Waals surface area contributed by atoms with Gasteiger partial charge in [0.1, 0.15) is 6.10 Å². The molecule has 2 fully saturated rings. The Bertz CT molecular complexity index is 453. The molecule has 1 saturated heterocycles. The minimum atomic E-state index is -0.834. The minimum absolute atomic E-state index is 0.0380. The number of rotatable bonds is 5. The SMILES string of the molecule is O=C(O)CC(C1CC1)n1nnnc1C1COCCO1. The number of aliphatic carboxylic acids is 1. The summed E-state index contributed by atoms with van der Waals surface area (Å²) in [5, 5.41) is 20.6. The molecule has 3 rings (SSSR count). The van der Waals surface area contributed by atoms with Crippen LogP contribution in [0.5, 0.6) is 0 Å². The Morgan fingerprint density at radius 2 is 2.32 bits per heavy atom. The van der Waals surface area contributed by atoms with Crippen molar-refractivity contribution in [1.82, 2.24) is 20.2 Å². The van der Waals surface area contributed by atoms with Crippen LogP contribution >= 0.6 is 0 Å². The Hall–Kier alpha value is -1.54. The molecule has 2 aliphatic rings. The smallest absolute Gasteiger partial charge is 0.305 e. The Labute approximate surface area is 109 Å². The fourth-order valence-corrected chi connectivity index (χ4v) is 2.40. The van der Waals surface area contributed by atoms with E-state index in [4.69, 9.17) is 14.6 Å². The maximum absolute atomic E-state index is 11.0. The molecule has 2 heterocycles. The predicted molar refractivity (Wildman–Crippen MR) is 61.3 cm³/mol. The second-order valence-corrected chi connectivity index (χ2v) is 4.92. The van der Waals surface area contributed by atoms with Crippen molar-refractivity contribution in [3.63, 3.8) is 0 Å². The van der Waals surface area contributed by atoms with Gasteiger partial charge in [0.05, 0.1) is 32.3 Å². The van der Waals surface area contributed by atoms with E-state index in [1.807, 2.05) is 0 Å². The summed E-state index contributed by atoms with van der Waals surface area (Å²) in [5.41, 5.74) is 0. The van der Waals surface area contributed by atoms with Crippen LogP contribution in [0, 0.1) is 5.92 Å². The summed E-state index contributed by atoms with van der Waals surface area (Å²) in [6, 6.07) is -0.187. The number of ether oxygens (including phenoxy) is 2. The first kappa shape index (κ1) is 12.5. The normalized spacial score (nSPS) is 25.2. The lowest BCUT2D eigenvalue weighted by Gasteiger charge is -2.24. The maximum atomic E-state index is 11.0. The maximum Gasteiger partial charge on any atom is 0.305 e. The molecule has 1 aliphatic heterocycles. The van der Waals surface area contributed by atoms with Crippen molar-refractivity contribution >= 4 is 5.97 Å². The molecule has 0 amide bonds. The van der Waals surface area contributed by atoms with Crippen LogP contribution in [0.25, 0.3) is 0 Å². The molecule has 104 valence electrons. The predicted octanol–water partition coefficient (Wildman–Crippen LogP) is 0.187. The van der Waals surface area contributed by atoms with E-state index in [9.17, 15) is 4.79 Å². The van der Waals surface area contributed by atoms with Gasteiger partial charge in [0.2, 0.25) is 0 Å². The van der Waals surface area contributed by atoms with Crippen LogP contribution in [0.1, 0.15) is 37.2 Å². The number of nitrogens with zero attached hydrogens (tertiary/aromatic N) is 4. The van der Waals surface area contributed by atoms with E-state index in [1.54, 1.807) is 4.68 Å². The lowest BCUT2D eigenvalue weighted by molar-refractivity contribution is -0.138. The highest BCUT2D eigenvalue weighted by Gasteiger charge is 2.37. The standard InChI is InChI=1S/C11H16N4O4/c16-10(17)5-8(7-1-2-7)15-11(12-13-14-15)9-6-18-3-4-19-9/h7-9H,1-6H2,(H,16,17). The number of carbonyl (C=O) groups is 1. The molecule has 0 aromatic carbocycles. The molecule has 1 N–H and O–H groups in total. The summed E-state index contributed by atoms with van der Waals surface area (Å²) >= 11 is 0. The molecule has 8 nitrogen and oxygen atoms in total. The molecule has 1 aliphatic carbocycles. The van der Waals surface area contributed by atoms with Crippen LogP contribution in [-0.2, 0) is 14.3 Å². The van der Waals surface area contributed by atoms with Crippen LogP contribution in [-0.4, -0.2) is 51.1 Å². The molecular formula is C11H16N4O4. The monoisotopic (exact) mass is 268 g/mol. The Kier molecular flexibility index (Phi) is 3.43. The van der Waals surface area contributed by atoms with Crippen molar-refractivity contribution in [2.24, 2.45) is 5.92 Å². The lowest BCUT2D eigenvalue weighted by Crippen LogP contribution is -2.27. The molecular weight excluding hydrogens is 252 g/mol. The van der Waals surface area contributed by atoms with Crippen molar-refractivity contribution in [2.75, 3.05) is 19.8 Å². The van der Waals surface area contributed by atoms with Crippen molar-refractivity contribution in [3.8, 4) is 0 Å². The van der Waals surface area contributed by atoms with Crippen LogP contribution in [0.4, 0.5) is 0 Å². The van der Waals surface area contributed by atoms with Gasteiger partial charge in [0.15, 0.2) is 5.82 Å². The van der Waals surface area contributed by atoms with Crippen LogP contribution in [0.15, 0.2) is 0 Å². The number of carboxylic acid groups (broad SMARTS) is 1. The van der Waals surface area contributed by atoms with Gasteiger partial charge in [-0.25, -0.2) is 4.68 Å². The number of hydrogen-bond donors (Lipinski definition) is 1. The Balaban J connectivity index is 1.82. The molecule has 8 heteroatoms. The third-order valence-corrected chi connectivity index (χ3v) is 3.49. The van der Waals surface area contributed by atoms with Gasteiger partial charge in [-0.15, -0.1) is 5.10 Å². The number of tetrazole rings is 1. The van der Waals surface area contributed by atoms with Gasteiger partial charge < -0.3 is 14.6 Å². The molecule has 0 bridgehead atoms. The Morgan fingerprint density at radius 1 is 1.47 bits per heavy atom. The van der Waals surface area contributed by atoms with E-state index in [0.717, 1.165) is 12.8 Å². The average Bonchev–Trinajstić information content (AvgIpc) is 3.14. The topological polar surface area (TPSA) is 99.4 Å². The lowest BCUT2D eigenvalue weighted by atomic mass is 10.1. The van der Waals surface area contributed by atoms with E-state index in [-0.39, 0.29) is 18.6 Å². The summed E-state index contributed by atoms with van der Waals surface area (Å²) in [6.45, 7) is 1.48. The van der Waals surface area contributed by atoms with Gasteiger partial charge in [-0.05, 0) is 29.2 Å². The van der Waals surface area contributed by atoms with E-state index in [2.05, 4.69) is 15.5 Å². The molecule has 19 heavy (non-hydrogen) atoms. The zero-order valence-electron chi connectivity index (χ0n) is 10.4. The molecule has 0 radical (unpaired) electrons. The molecule has 1 saturated carbocycles. The highest BCUT2D eigenvalue weighted by atomic mass is 16.6. The largest absolute Gasteiger partial charge is 0.481 e. The van der Waals surface area contributed by atoms with Crippen LogP contribution < -0.4 is 0 Å². The van der Waals surface area contributed by atoms with Crippen molar-refractivity contribution in [1.29, 1.82) is 0 Å². The quantitative estimate of drug-likeness (QED) is 0.813. The van der Waals surface area contributed by atoms with Gasteiger partial charge in [0, 0.05) is 0 Å². The highest BCUT2D eigenvalue weighted by Crippen LogP contribution is 2.42. The van der Waals surface area contributed by atoms with Crippen molar-refractivity contribution in [3.05, 3.63) is 5.82 Å². The second kappa shape index (κ2) is 5.22. The van der Waals surface area contributed by atoms with Crippen LogP contribution in [0.2, 0.25) is 0 Å². The van der Waals surface area contributed by atoms with Crippen molar-refractivity contribution < 1.29 is 19.4 Å². The molecule has 1 aromatic heterocycles. The molecule has 2 atom stereocenters. The minimum Gasteiger partial charge on any atom is -0.481 e. The summed E-state index contributed by atoms with van der Waals surface area (Å²) in [6.07, 6.45) is 1.79. The van der Waals surface area contributed by atoms with Crippen LogP contribution in [0.3, 0.4) is 0 Å². The van der Waals surface area contributed by atoms with Gasteiger partial charge in [-0.1, -0.05) is 0 Å². The van der Waals surface area contributed by atoms with E-state index in [0.29, 0.717) is 31.6 Å². The third kappa shape index (κ3) is 2.74. The third-order valence-electron chi connectivity index (χ3n) is 3.49. The number of carboxylic acids is 1. The summed E-state index contributed by atoms with van der Waals surface area (Å²) < 4.78 is 12.5. The number of hydrogen-bond acceptors (Lipinski definition) is 6. The second-order valence-electron chi connectivity index (χ2n) is 4.92. The van der Waals surface area contributed by atoms with E-state index < -0.39 is 5.97 Å². The van der Waals surface area contributed by atoms with Gasteiger partial charge >= 0.3 is 5.97 Å². The van der Waals surface area contributed by atoms with Gasteiger partial charge in [-0.3, -0.25) is 4.79 Å². The molecule has 0 spiro atoms. The first-order valence-electron chi connectivity index (χ1n) is 6.44. The molecule has 2 unspecified atom stereocenters. The summed E-state index contributed by atoms with van der Waals surface area (Å²) in [5.74, 6) is 0.0832. The highest BCUT2D eigenvalue weighted by molar-refractivity contribution is 5.67. The Morgan fingerprint density at radius 3 is 2.95 bits per heavy atom. The average molecular weight is 268 g/mol. The first-order chi connectivity index (χ1) is 9.25. The van der Waals surface area contributed by atoms with Gasteiger partial charge in [-0.2, -0.15) is 0 Å². The number of aromatic nitrogens is 4. The van der Waals surface area contributed by atoms with Gasteiger partial charge in [0.25, 0.3) is 0 Å². The zero-order chi connectivity index (χ0) is 13.2. The summed E-state index contributed by atoms with van der Waals surface area (Å²) in [4.78, 5) is 11.0.